The Labute approximate surface area is 86.0 Å². The fraction of sp³-hybridized carbons (Fsp3) is 0.154. The number of nitriles is 1. The topological polar surface area (TPSA) is 23.8 Å². The molecule has 0 N–H and O–H groups in total. The summed E-state index contributed by atoms with van der Waals surface area (Å²) in [5.41, 5.74) is 3.03. The number of benzene rings is 1. The summed E-state index contributed by atoms with van der Waals surface area (Å²) in [6, 6.07) is 10.1. The summed E-state index contributed by atoms with van der Waals surface area (Å²) in [5.74, 6) is 0. The second-order valence-electron chi connectivity index (χ2n) is 3.01. The van der Waals surface area contributed by atoms with E-state index in [2.05, 4.69) is 44.3 Å². The molecule has 1 aromatic carbocycles. The van der Waals surface area contributed by atoms with Gasteiger partial charge in [-0.05, 0) is 19.4 Å². The lowest BCUT2D eigenvalue weighted by Gasteiger charge is -1.91. The van der Waals surface area contributed by atoms with Gasteiger partial charge in [0.25, 0.3) is 0 Å². The van der Waals surface area contributed by atoms with Crippen LogP contribution in [0, 0.1) is 18.3 Å². The van der Waals surface area contributed by atoms with Crippen LogP contribution in [0.15, 0.2) is 43.0 Å². The van der Waals surface area contributed by atoms with E-state index in [1.807, 2.05) is 12.1 Å². The Bertz CT molecular complexity index is 338. The van der Waals surface area contributed by atoms with Gasteiger partial charge in [0.1, 0.15) is 0 Å². The van der Waals surface area contributed by atoms with Crippen LogP contribution in [0.1, 0.15) is 18.1 Å². The third-order valence-corrected chi connectivity index (χ3v) is 1.50. The zero-order valence-electron chi connectivity index (χ0n) is 8.75. The molecule has 0 amide bonds. The number of nitrogens with zero attached hydrogens (tertiary/aromatic N) is 1. The van der Waals surface area contributed by atoms with Crippen LogP contribution in [0.25, 0.3) is 6.08 Å². The van der Waals surface area contributed by atoms with Crippen molar-refractivity contribution in [1.82, 2.24) is 0 Å². The SMILES string of the molecule is C=C(C)C#N.C=Cc1ccc(C)cc1. The van der Waals surface area contributed by atoms with Gasteiger partial charge in [-0.25, -0.2) is 0 Å². The molecule has 0 aliphatic carbocycles. The fourth-order valence-corrected chi connectivity index (χ4v) is 0.703. The molecular weight excluding hydrogens is 170 g/mol. The van der Waals surface area contributed by atoms with Gasteiger partial charge in [0.2, 0.25) is 0 Å². The van der Waals surface area contributed by atoms with Crippen molar-refractivity contribution in [3.05, 3.63) is 54.1 Å². The van der Waals surface area contributed by atoms with Crippen molar-refractivity contribution in [2.24, 2.45) is 0 Å². The lowest BCUT2D eigenvalue weighted by molar-refractivity contribution is 1.46. The molecule has 0 saturated carbocycles. The van der Waals surface area contributed by atoms with Crippen LogP contribution >= 0.6 is 0 Å². The fourth-order valence-electron chi connectivity index (χ4n) is 0.703. The Morgan fingerprint density at radius 1 is 1.36 bits per heavy atom. The second kappa shape index (κ2) is 6.68. The lowest BCUT2D eigenvalue weighted by atomic mass is 10.2. The van der Waals surface area contributed by atoms with Crippen LogP contribution in [-0.4, -0.2) is 0 Å². The van der Waals surface area contributed by atoms with Crippen molar-refractivity contribution >= 4 is 6.08 Å². The highest BCUT2D eigenvalue weighted by molar-refractivity contribution is 5.46. The van der Waals surface area contributed by atoms with E-state index in [1.165, 1.54) is 11.1 Å². The van der Waals surface area contributed by atoms with E-state index in [1.54, 1.807) is 6.92 Å². The van der Waals surface area contributed by atoms with Crippen LogP contribution in [0.5, 0.6) is 0 Å². The molecule has 0 unspecified atom stereocenters. The minimum Gasteiger partial charge on any atom is -0.193 e. The van der Waals surface area contributed by atoms with Crippen molar-refractivity contribution < 1.29 is 0 Å². The summed E-state index contributed by atoms with van der Waals surface area (Å²) in [6.07, 6.45) is 1.85. The average Bonchev–Trinajstić information content (AvgIpc) is 2.20. The summed E-state index contributed by atoms with van der Waals surface area (Å²) in [6.45, 7) is 10.7. The zero-order chi connectivity index (χ0) is 11.0. The molecule has 0 aliphatic heterocycles. The first-order chi connectivity index (χ1) is 6.60. The summed E-state index contributed by atoms with van der Waals surface area (Å²) < 4.78 is 0. The molecule has 72 valence electrons. The van der Waals surface area contributed by atoms with Crippen molar-refractivity contribution in [3.8, 4) is 6.07 Å². The van der Waals surface area contributed by atoms with E-state index in [-0.39, 0.29) is 0 Å². The number of allylic oxidation sites excluding steroid dienone is 1. The molecule has 0 radical (unpaired) electrons. The van der Waals surface area contributed by atoms with Gasteiger partial charge in [-0.1, -0.05) is 49.1 Å². The molecule has 0 aliphatic rings. The van der Waals surface area contributed by atoms with E-state index < -0.39 is 0 Å². The Balaban J connectivity index is 0.000000292. The average molecular weight is 185 g/mol. The standard InChI is InChI=1S/C9H10.C4H5N/c1-3-9-6-4-8(2)5-7-9;1-4(2)3-5/h3-7H,1H2,2H3;1H2,2H3. The zero-order valence-corrected chi connectivity index (χ0v) is 8.75. The molecule has 0 fully saturated rings. The largest absolute Gasteiger partial charge is 0.193 e. The van der Waals surface area contributed by atoms with Gasteiger partial charge >= 0.3 is 0 Å². The van der Waals surface area contributed by atoms with Gasteiger partial charge in [-0.15, -0.1) is 0 Å². The van der Waals surface area contributed by atoms with Gasteiger partial charge in [-0.2, -0.15) is 5.26 Å². The van der Waals surface area contributed by atoms with E-state index >= 15 is 0 Å². The highest BCUT2D eigenvalue weighted by atomic mass is 14.2. The van der Waals surface area contributed by atoms with Gasteiger partial charge in [0.05, 0.1) is 6.07 Å². The van der Waals surface area contributed by atoms with Crippen molar-refractivity contribution in [2.75, 3.05) is 0 Å². The number of aryl methyl sites for hydroxylation is 1. The van der Waals surface area contributed by atoms with Crippen LogP contribution in [0.3, 0.4) is 0 Å². The van der Waals surface area contributed by atoms with Gasteiger partial charge < -0.3 is 0 Å². The van der Waals surface area contributed by atoms with E-state index in [4.69, 9.17) is 5.26 Å². The third-order valence-electron chi connectivity index (χ3n) is 1.50. The molecule has 0 heterocycles. The third kappa shape index (κ3) is 5.79. The maximum Gasteiger partial charge on any atom is 0.0937 e. The second-order valence-corrected chi connectivity index (χ2v) is 3.01. The molecule has 0 aromatic heterocycles. The summed E-state index contributed by atoms with van der Waals surface area (Å²) >= 11 is 0. The normalized spacial score (nSPS) is 7.79. The van der Waals surface area contributed by atoms with Crippen LogP contribution in [-0.2, 0) is 0 Å². The Hall–Kier alpha value is -1.81. The number of hydrogen-bond donors (Lipinski definition) is 0. The Morgan fingerprint density at radius 3 is 2.07 bits per heavy atom. The molecule has 0 atom stereocenters. The van der Waals surface area contributed by atoms with Crippen molar-refractivity contribution in [1.29, 1.82) is 5.26 Å². The molecule has 1 heteroatoms. The smallest absolute Gasteiger partial charge is 0.0937 e. The molecule has 1 nitrogen and oxygen atoms in total. The molecule has 1 rings (SSSR count). The van der Waals surface area contributed by atoms with Crippen LogP contribution in [0.2, 0.25) is 0 Å². The maximum atomic E-state index is 7.79. The highest BCUT2D eigenvalue weighted by Crippen LogP contribution is 2.02. The molecule has 0 bridgehead atoms. The van der Waals surface area contributed by atoms with Gasteiger partial charge in [-0.3, -0.25) is 0 Å². The molecule has 1 aromatic rings. The van der Waals surface area contributed by atoms with Crippen molar-refractivity contribution in [2.45, 2.75) is 13.8 Å². The number of hydrogen-bond acceptors (Lipinski definition) is 1. The van der Waals surface area contributed by atoms with E-state index in [0.29, 0.717) is 5.57 Å². The van der Waals surface area contributed by atoms with E-state index in [9.17, 15) is 0 Å². The van der Waals surface area contributed by atoms with Crippen LogP contribution in [0.4, 0.5) is 0 Å². The Morgan fingerprint density at radius 2 is 1.79 bits per heavy atom. The first-order valence-electron chi connectivity index (χ1n) is 4.35. The summed E-state index contributed by atoms with van der Waals surface area (Å²) in [4.78, 5) is 0. The molecule has 0 spiro atoms. The quantitative estimate of drug-likeness (QED) is 0.612. The minimum absolute atomic E-state index is 0.560. The van der Waals surface area contributed by atoms with Gasteiger partial charge in [0.15, 0.2) is 0 Å². The first-order valence-corrected chi connectivity index (χ1v) is 4.35. The molecule has 0 saturated heterocycles. The van der Waals surface area contributed by atoms with Gasteiger partial charge in [0, 0.05) is 5.57 Å². The minimum atomic E-state index is 0.560. The van der Waals surface area contributed by atoms with Crippen molar-refractivity contribution in [3.63, 3.8) is 0 Å². The summed E-state index contributed by atoms with van der Waals surface area (Å²) in [7, 11) is 0. The van der Waals surface area contributed by atoms with Crippen LogP contribution < -0.4 is 0 Å². The predicted molar refractivity (Wildman–Crippen MR) is 61.7 cm³/mol. The number of rotatable bonds is 1. The first kappa shape index (κ1) is 12.2. The molecular formula is C13H15N. The predicted octanol–water partition coefficient (Wildman–Crippen LogP) is 3.72. The summed E-state index contributed by atoms with van der Waals surface area (Å²) in [5, 5.41) is 7.79. The molecule has 14 heavy (non-hydrogen) atoms. The highest BCUT2D eigenvalue weighted by Gasteiger charge is 1.82. The van der Waals surface area contributed by atoms with E-state index in [0.717, 1.165) is 0 Å². The Kier molecular flexibility index (Phi) is 5.82. The monoisotopic (exact) mass is 185 g/mol. The maximum absolute atomic E-state index is 7.79. The lowest BCUT2D eigenvalue weighted by Crippen LogP contribution is -1.71.